The van der Waals surface area contributed by atoms with Crippen LogP contribution in [0.25, 0.3) is 0 Å². The number of hydrogen-bond acceptors (Lipinski definition) is 5. The summed E-state index contributed by atoms with van der Waals surface area (Å²) in [4.78, 5) is 0. The Morgan fingerprint density at radius 1 is 0.806 bits per heavy atom. The molecule has 31 heavy (non-hydrogen) atoms. The molecule has 0 unspecified atom stereocenters. The van der Waals surface area contributed by atoms with Crippen molar-refractivity contribution in [1.82, 2.24) is 5.32 Å². The second kappa shape index (κ2) is 9.52. The average molecular weight is 420 g/mol. The van der Waals surface area contributed by atoms with E-state index in [0.29, 0.717) is 19.6 Å². The van der Waals surface area contributed by atoms with Gasteiger partial charge in [0.05, 0.1) is 26.9 Å². The molecule has 0 amide bonds. The van der Waals surface area contributed by atoms with Gasteiger partial charge in [-0.1, -0.05) is 54.6 Å². The third-order valence-electron chi connectivity index (χ3n) is 5.87. The Kier molecular flexibility index (Phi) is 6.56. The molecule has 1 aliphatic rings. The molecule has 5 heteroatoms. The molecule has 2 atom stereocenters. The van der Waals surface area contributed by atoms with E-state index >= 15 is 0 Å². The minimum atomic E-state index is -0.824. The molecule has 162 valence electrons. The SMILES string of the molecule is COc1ccc(C(OC[C@H]2C[C@H](O)CN2)(c2ccccc2)c2ccc(OC)cc2)cc1. The Labute approximate surface area is 183 Å². The number of hydrogen-bond donors (Lipinski definition) is 2. The maximum absolute atomic E-state index is 9.95. The van der Waals surface area contributed by atoms with Gasteiger partial charge < -0.3 is 24.6 Å². The molecule has 0 aliphatic carbocycles. The van der Waals surface area contributed by atoms with Crippen LogP contribution in [-0.4, -0.2) is 44.6 Å². The first kappa shape index (κ1) is 21.4. The van der Waals surface area contributed by atoms with Crippen LogP contribution in [0.4, 0.5) is 0 Å². The first-order valence-corrected chi connectivity index (χ1v) is 10.6. The lowest BCUT2D eigenvalue weighted by Crippen LogP contribution is -2.38. The molecule has 3 aromatic carbocycles. The van der Waals surface area contributed by atoms with Gasteiger partial charge in [0, 0.05) is 12.6 Å². The third-order valence-corrected chi connectivity index (χ3v) is 5.87. The zero-order valence-corrected chi connectivity index (χ0v) is 18.0. The Hall–Kier alpha value is -2.86. The van der Waals surface area contributed by atoms with Crippen molar-refractivity contribution in [2.75, 3.05) is 27.4 Å². The average Bonchev–Trinajstić information content (AvgIpc) is 3.26. The lowest BCUT2D eigenvalue weighted by Gasteiger charge is -2.37. The highest BCUT2D eigenvalue weighted by atomic mass is 16.5. The maximum Gasteiger partial charge on any atom is 0.143 e. The van der Waals surface area contributed by atoms with E-state index in [1.54, 1.807) is 14.2 Å². The molecule has 0 spiro atoms. The lowest BCUT2D eigenvalue weighted by molar-refractivity contribution is 0.00120. The van der Waals surface area contributed by atoms with Crippen LogP contribution < -0.4 is 14.8 Å². The van der Waals surface area contributed by atoms with Gasteiger partial charge >= 0.3 is 0 Å². The van der Waals surface area contributed by atoms with Crippen molar-refractivity contribution in [2.24, 2.45) is 0 Å². The molecule has 0 radical (unpaired) electrons. The van der Waals surface area contributed by atoms with Crippen molar-refractivity contribution in [3.8, 4) is 11.5 Å². The number of nitrogens with one attached hydrogen (secondary N) is 1. The number of rotatable bonds is 8. The number of β-amino-alcohol motifs (C(OH)–C–C–N with tert-alkyl or cyclic N) is 1. The maximum atomic E-state index is 9.95. The third kappa shape index (κ3) is 4.44. The molecule has 0 bridgehead atoms. The van der Waals surface area contributed by atoms with E-state index in [1.807, 2.05) is 66.7 Å². The molecule has 1 saturated heterocycles. The van der Waals surface area contributed by atoms with Crippen LogP contribution in [0.5, 0.6) is 11.5 Å². The molecule has 3 aromatic rings. The van der Waals surface area contributed by atoms with Crippen LogP contribution >= 0.6 is 0 Å². The number of methoxy groups -OCH3 is 2. The van der Waals surface area contributed by atoms with Crippen LogP contribution in [0.1, 0.15) is 23.1 Å². The van der Waals surface area contributed by atoms with Crippen LogP contribution in [0.2, 0.25) is 0 Å². The van der Waals surface area contributed by atoms with Crippen molar-refractivity contribution in [1.29, 1.82) is 0 Å². The van der Waals surface area contributed by atoms with Gasteiger partial charge in [-0.2, -0.15) is 0 Å². The molecule has 4 rings (SSSR count). The predicted octanol–water partition coefficient (Wildman–Crippen LogP) is 3.74. The monoisotopic (exact) mass is 419 g/mol. The van der Waals surface area contributed by atoms with E-state index < -0.39 is 5.60 Å². The molecule has 2 N–H and O–H groups in total. The number of ether oxygens (including phenoxy) is 3. The van der Waals surface area contributed by atoms with E-state index in [0.717, 1.165) is 28.2 Å². The van der Waals surface area contributed by atoms with Crippen molar-refractivity contribution >= 4 is 0 Å². The fourth-order valence-electron chi connectivity index (χ4n) is 4.22. The van der Waals surface area contributed by atoms with Crippen LogP contribution in [0.3, 0.4) is 0 Å². The van der Waals surface area contributed by atoms with Crippen molar-refractivity contribution in [2.45, 2.75) is 24.2 Å². The first-order valence-electron chi connectivity index (χ1n) is 10.6. The Morgan fingerprint density at radius 2 is 1.32 bits per heavy atom. The van der Waals surface area contributed by atoms with Gasteiger partial charge in [-0.05, 0) is 47.4 Å². The van der Waals surface area contributed by atoms with E-state index in [1.165, 1.54) is 0 Å². The van der Waals surface area contributed by atoms with Crippen molar-refractivity contribution < 1.29 is 19.3 Å². The highest BCUT2D eigenvalue weighted by Gasteiger charge is 2.39. The minimum absolute atomic E-state index is 0.0922. The van der Waals surface area contributed by atoms with Gasteiger partial charge in [0.15, 0.2) is 0 Å². The second-order valence-electron chi connectivity index (χ2n) is 7.81. The first-order chi connectivity index (χ1) is 15.2. The summed E-state index contributed by atoms with van der Waals surface area (Å²) in [5.74, 6) is 1.59. The Bertz CT molecular complexity index is 909. The quantitative estimate of drug-likeness (QED) is 0.545. The summed E-state index contributed by atoms with van der Waals surface area (Å²) in [5.41, 5.74) is 2.21. The summed E-state index contributed by atoms with van der Waals surface area (Å²) in [7, 11) is 3.33. The largest absolute Gasteiger partial charge is 0.497 e. The topological polar surface area (TPSA) is 60.0 Å². The minimum Gasteiger partial charge on any atom is -0.497 e. The zero-order chi connectivity index (χ0) is 21.7. The molecule has 1 aliphatic heterocycles. The highest BCUT2D eigenvalue weighted by Crippen LogP contribution is 2.41. The van der Waals surface area contributed by atoms with Gasteiger partial charge in [-0.3, -0.25) is 0 Å². The lowest BCUT2D eigenvalue weighted by atomic mass is 9.80. The second-order valence-corrected chi connectivity index (χ2v) is 7.81. The molecule has 0 saturated carbocycles. The molecule has 1 fully saturated rings. The van der Waals surface area contributed by atoms with Crippen LogP contribution in [0, 0.1) is 0 Å². The molecule has 1 heterocycles. The number of aliphatic hydroxyl groups excluding tert-OH is 1. The Balaban J connectivity index is 1.83. The fraction of sp³-hybridized carbons (Fsp3) is 0.308. The summed E-state index contributed by atoms with van der Waals surface area (Å²) in [6.07, 6.45) is 0.345. The summed E-state index contributed by atoms with van der Waals surface area (Å²) >= 11 is 0. The Morgan fingerprint density at radius 3 is 1.77 bits per heavy atom. The molecular weight excluding hydrogens is 390 g/mol. The summed E-state index contributed by atoms with van der Waals surface area (Å²) < 4.78 is 17.6. The van der Waals surface area contributed by atoms with Gasteiger partial charge in [-0.25, -0.2) is 0 Å². The molecule has 5 nitrogen and oxygen atoms in total. The van der Waals surface area contributed by atoms with Crippen molar-refractivity contribution in [3.05, 3.63) is 95.6 Å². The van der Waals surface area contributed by atoms with Gasteiger partial charge in [0.1, 0.15) is 17.1 Å². The van der Waals surface area contributed by atoms with E-state index in [2.05, 4.69) is 17.4 Å². The highest BCUT2D eigenvalue weighted by molar-refractivity contribution is 5.49. The van der Waals surface area contributed by atoms with E-state index in [9.17, 15) is 5.11 Å². The van der Waals surface area contributed by atoms with Crippen molar-refractivity contribution in [3.63, 3.8) is 0 Å². The summed E-state index contributed by atoms with van der Waals surface area (Å²) in [5, 5.41) is 13.3. The molecular formula is C26H29NO4. The van der Waals surface area contributed by atoms with E-state index in [4.69, 9.17) is 14.2 Å². The van der Waals surface area contributed by atoms with Gasteiger partial charge in [0.25, 0.3) is 0 Å². The molecule has 0 aromatic heterocycles. The zero-order valence-electron chi connectivity index (χ0n) is 18.0. The number of benzene rings is 3. The predicted molar refractivity (Wildman–Crippen MR) is 121 cm³/mol. The summed E-state index contributed by atoms with van der Waals surface area (Å²) in [6, 6.07) is 26.3. The van der Waals surface area contributed by atoms with Gasteiger partial charge in [-0.15, -0.1) is 0 Å². The van der Waals surface area contributed by atoms with Crippen LogP contribution in [0.15, 0.2) is 78.9 Å². The number of aliphatic hydroxyl groups is 1. The fourth-order valence-corrected chi connectivity index (χ4v) is 4.22. The normalized spacial score (nSPS) is 18.7. The van der Waals surface area contributed by atoms with Gasteiger partial charge in [0.2, 0.25) is 0 Å². The van der Waals surface area contributed by atoms with E-state index in [-0.39, 0.29) is 12.1 Å². The standard InChI is InChI=1S/C26H29NO4/c1-29-24-12-8-20(9-13-24)26(19-6-4-3-5-7-19,21-10-14-25(30-2)15-11-21)31-18-22-16-23(28)17-27-22/h3-15,22-23,27-28H,16-18H2,1-2H3/t22-,23+/m1/s1. The summed E-state index contributed by atoms with van der Waals surface area (Å²) in [6.45, 7) is 1.06. The van der Waals surface area contributed by atoms with Crippen LogP contribution in [-0.2, 0) is 10.3 Å². The smallest absolute Gasteiger partial charge is 0.143 e.